The van der Waals surface area contributed by atoms with Crippen molar-refractivity contribution in [3.63, 3.8) is 0 Å². The molecule has 26 heavy (non-hydrogen) atoms. The summed E-state index contributed by atoms with van der Waals surface area (Å²) in [5, 5.41) is 9.35. The van der Waals surface area contributed by atoms with Crippen LogP contribution in [-0.2, 0) is 16.1 Å². The Morgan fingerprint density at radius 2 is 1.85 bits per heavy atom. The van der Waals surface area contributed by atoms with Crippen molar-refractivity contribution >= 4 is 33.7 Å². The van der Waals surface area contributed by atoms with Gasteiger partial charge < -0.3 is 4.74 Å². The van der Waals surface area contributed by atoms with Crippen LogP contribution in [0.1, 0.15) is 12.5 Å². The Kier molecular flexibility index (Phi) is 6.46. The Hall–Kier alpha value is -2.12. The van der Waals surface area contributed by atoms with E-state index in [1.807, 2.05) is 47.0 Å². The second-order valence-electron chi connectivity index (χ2n) is 5.48. The van der Waals surface area contributed by atoms with Gasteiger partial charge in [0.15, 0.2) is 11.0 Å². The smallest absolute Gasteiger partial charge is 0.316 e. The van der Waals surface area contributed by atoms with Crippen LogP contribution in [0.2, 0.25) is 0 Å². The van der Waals surface area contributed by atoms with Crippen LogP contribution in [-0.4, -0.2) is 33.1 Å². The number of hydrogen-bond donors (Lipinski definition) is 0. The first-order valence-electron chi connectivity index (χ1n) is 8.19. The van der Waals surface area contributed by atoms with Crippen LogP contribution in [0, 0.1) is 0 Å². The number of nitrogens with zero attached hydrogens (tertiary/aromatic N) is 3. The molecule has 0 saturated carbocycles. The summed E-state index contributed by atoms with van der Waals surface area (Å²) in [6.07, 6.45) is 0. The minimum absolute atomic E-state index is 0.209. The summed E-state index contributed by atoms with van der Waals surface area (Å²) in [6, 6.07) is 18.1. The molecule has 0 aliphatic rings. The molecule has 5 nitrogen and oxygen atoms in total. The Morgan fingerprint density at radius 3 is 2.54 bits per heavy atom. The highest BCUT2D eigenvalue weighted by molar-refractivity contribution is 9.10. The molecular weight excluding hydrogens is 414 g/mol. The van der Waals surface area contributed by atoms with E-state index in [0.717, 1.165) is 21.4 Å². The largest absolute Gasteiger partial charge is 0.465 e. The van der Waals surface area contributed by atoms with Gasteiger partial charge in [-0.1, -0.05) is 70.2 Å². The average molecular weight is 432 g/mol. The second kappa shape index (κ2) is 9.00. The van der Waals surface area contributed by atoms with Gasteiger partial charge in [-0.05, 0) is 24.6 Å². The standard InChI is InChI=1S/C19H18BrN3O2S/c1-2-25-17(24)13-26-19-22-21-18(15-8-10-16(20)11-9-15)23(19)12-14-6-4-3-5-7-14/h3-11H,2,12-13H2,1H3. The molecule has 3 rings (SSSR count). The number of thioether (sulfide) groups is 1. The minimum atomic E-state index is -0.253. The van der Waals surface area contributed by atoms with Crippen LogP contribution in [0.4, 0.5) is 0 Å². The highest BCUT2D eigenvalue weighted by Gasteiger charge is 2.16. The van der Waals surface area contributed by atoms with Crippen molar-refractivity contribution in [1.29, 1.82) is 0 Å². The molecule has 0 aliphatic carbocycles. The van der Waals surface area contributed by atoms with Gasteiger partial charge in [-0.15, -0.1) is 10.2 Å². The van der Waals surface area contributed by atoms with E-state index in [-0.39, 0.29) is 11.7 Å². The van der Waals surface area contributed by atoms with Crippen LogP contribution in [0.3, 0.4) is 0 Å². The molecular formula is C19H18BrN3O2S. The molecule has 0 amide bonds. The third-order valence-electron chi connectivity index (χ3n) is 3.63. The molecule has 7 heteroatoms. The predicted octanol–water partition coefficient (Wildman–Crippen LogP) is 4.41. The van der Waals surface area contributed by atoms with Crippen molar-refractivity contribution in [2.24, 2.45) is 0 Å². The second-order valence-corrected chi connectivity index (χ2v) is 7.34. The van der Waals surface area contributed by atoms with Gasteiger partial charge in [0.05, 0.1) is 18.9 Å². The molecule has 134 valence electrons. The van der Waals surface area contributed by atoms with Gasteiger partial charge in [0, 0.05) is 10.0 Å². The van der Waals surface area contributed by atoms with Crippen molar-refractivity contribution in [3.05, 3.63) is 64.6 Å². The number of rotatable bonds is 7. The maximum atomic E-state index is 11.7. The summed E-state index contributed by atoms with van der Waals surface area (Å²) in [6.45, 7) is 2.80. The molecule has 1 aromatic heterocycles. The molecule has 0 atom stereocenters. The lowest BCUT2D eigenvalue weighted by atomic mass is 10.2. The Labute approximate surface area is 164 Å². The van der Waals surface area contributed by atoms with E-state index in [0.29, 0.717) is 18.3 Å². The summed E-state index contributed by atoms with van der Waals surface area (Å²) in [5.41, 5.74) is 2.11. The number of carbonyl (C=O) groups is 1. The number of halogens is 1. The van der Waals surface area contributed by atoms with Gasteiger partial charge in [-0.3, -0.25) is 9.36 Å². The van der Waals surface area contributed by atoms with Gasteiger partial charge >= 0.3 is 5.97 Å². The fourth-order valence-electron chi connectivity index (χ4n) is 2.44. The van der Waals surface area contributed by atoms with E-state index in [1.54, 1.807) is 6.92 Å². The summed E-state index contributed by atoms with van der Waals surface area (Å²) in [5.74, 6) is 0.728. The predicted molar refractivity (Wildman–Crippen MR) is 106 cm³/mol. The van der Waals surface area contributed by atoms with Crippen LogP contribution in [0.5, 0.6) is 0 Å². The first-order chi connectivity index (χ1) is 12.7. The van der Waals surface area contributed by atoms with Crippen molar-refractivity contribution in [3.8, 4) is 11.4 Å². The zero-order chi connectivity index (χ0) is 18.4. The van der Waals surface area contributed by atoms with Crippen LogP contribution >= 0.6 is 27.7 Å². The minimum Gasteiger partial charge on any atom is -0.465 e. The maximum Gasteiger partial charge on any atom is 0.316 e. The monoisotopic (exact) mass is 431 g/mol. The van der Waals surface area contributed by atoms with Crippen molar-refractivity contribution in [1.82, 2.24) is 14.8 Å². The molecule has 0 fully saturated rings. The third-order valence-corrected chi connectivity index (χ3v) is 5.10. The lowest BCUT2D eigenvalue weighted by molar-refractivity contribution is -0.139. The SMILES string of the molecule is CCOC(=O)CSc1nnc(-c2ccc(Br)cc2)n1Cc1ccccc1. The van der Waals surface area contributed by atoms with Crippen molar-refractivity contribution < 1.29 is 9.53 Å². The van der Waals surface area contributed by atoms with E-state index < -0.39 is 0 Å². The van der Waals surface area contributed by atoms with Crippen LogP contribution in [0.15, 0.2) is 64.2 Å². The zero-order valence-electron chi connectivity index (χ0n) is 14.3. The summed E-state index contributed by atoms with van der Waals surface area (Å²) >= 11 is 4.79. The van der Waals surface area contributed by atoms with E-state index in [2.05, 4.69) is 38.3 Å². The summed E-state index contributed by atoms with van der Waals surface area (Å²) in [4.78, 5) is 11.7. The number of ether oxygens (including phenoxy) is 1. The first-order valence-corrected chi connectivity index (χ1v) is 9.96. The molecule has 0 radical (unpaired) electrons. The molecule has 0 bridgehead atoms. The summed E-state index contributed by atoms with van der Waals surface area (Å²) in [7, 11) is 0. The van der Waals surface area contributed by atoms with Crippen molar-refractivity contribution in [2.75, 3.05) is 12.4 Å². The van der Waals surface area contributed by atoms with E-state index in [9.17, 15) is 4.79 Å². The molecule has 0 N–H and O–H groups in total. The van der Waals surface area contributed by atoms with E-state index >= 15 is 0 Å². The zero-order valence-corrected chi connectivity index (χ0v) is 16.7. The normalized spacial score (nSPS) is 10.7. The Morgan fingerprint density at radius 1 is 1.12 bits per heavy atom. The third kappa shape index (κ3) is 4.74. The van der Waals surface area contributed by atoms with Crippen LogP contribution < -0.4 is 0 Å². The lowest BCUT2D eigenvalue weighted by Gasteiger charge is -2.10. The quantitative estimate of drug-likeness (QED) is 0.409. The fraction of sp³-hybridized carbons (Fsp3) is 0.211. The van der Waals surface area contributed by atoms with Gasteiger partial charge in [0.1, 0.15) is 0 Å². The highest BCUT2D eigenvalue weighted by atomic mass is 79.9. The fourth-order valence-corrected chi connectivity index (χ4v) is 3.44. The van der Waals surface area contributed by atoms with Gasteiger partial charge in [0.2, 0.25) is 0 Å². The highest BCUT2D eigenvalue weighted by Crippen LogP contribution is 2.26. The summed E-state index contributed by atoms with van der Waals surface area (Å²) < 4.78 is 8.04. The van der Waals surface area contributed by atoms with E-state index in [1.165, 1.54) is 11.8 Å². The molecule has 2 aromatic carbocycles. The van der Waals surface area contributed by atoms with Crippen molar-refractivity contribution in [2.45, 2.75) is 18.6 Å². The average Bonchev–Trinajstić information content (AvgIpc) is 3.04. The number of aromatic nitrogens is 3. The Balaban J connectivity index is 1.91. The molecule has 1 heterocycles. The Bertz CT molecular complexity index is 866. The molecule has 3 aromatic rings. The van der Waals surface area contributed by atoms with E-state index in [4.69, 9.17) is 4.74 Å². The number of carbonyl (C=O) groups excluding carboxylic acids is 1. The van der Waals surface area contributed by atoms with Crippen LogP contribution in [0.25, 0.3) is 11.4 Å². The number of esters is 1. The van der Waals surface area contributed by atoms with Gasteiger partial charge in [-0.2, -0.15) is 0 Å². The topological polar surface area (TPSA) is 57.0 Å². The maximum absolute atomic E-state index is 11.7. The molecule has 0 unspecified atom stereocenters. The molecule has 0 saturated heterocycles. The van der Waals surface area contributed by atoms with Gasteiger partial charge in [-0.25, -0.2) is 0 Å². The lowest BCUT2D eigenvalue weighted by Crippen LogP contribution is -2.09. The molecule has 0 aliphatic heterocycles. The number of benzene rings is 2. The van der Waals surface area contributed by atoms with Gasteiger partial charge in [0.25, 0.3) is 0 Å². The number of hydrogen-bond acceptors (Lipinski definition) is 5. The first kappa shape index (κ1) is 18.7. The molecule has 0 spiro atoms.